The maximum Gasteiger partial charge on any atom is 0.236 e. The Hall–Kier alpha value is -3.43. The van der Waals surface area contributed by atoms with Crippen LogP contribution < -0.4 is 11.1 Å². The highest BCUT2D eigenvalue weighted by molar-refractivity contribution is 5.90. The molecule has 2 aromatic carbocycles. The molecule has 2 heterocycles. The second kappa shape index (κ2) is 8.52. The van der Waals surface area contributed by atoms with Crippen molar-refractivity contribution in [3.05, 3.63) is 89.5 Å². The molecule has 152 valence electrons. The summed E-state index contributed by atoms with van der Waals surface area (Å²) in [6.45, 7) is 2.25. The van der Waals surface area contributed by atoms with Crippen LogP contribution in [0.15, 0.2) is 67.0 Å². The topological polar surface area (TPSA) is 96.7 Å². The molecule has 30 heavy (non-hydrogen) atoms. The summed E-state index contributed by atoms with van der Waals surface area (Å²) < 4.78 is 2.02. The van der Waals surface area contributed by atoms with Crippen LogP contribution in [0.5, 0.6) is 0 Å². The molecule has 1 atom stereocenters. The number of benzene rings is 2. The van der Waals surface area contributed by atoms with Gasteiger partial charge in [-0.2, -0.15) is 5.26 Å². The first kappa shape index (κ1) is 19.9. The lowest BCUT2D eigenvalue weighted by molar-refractivity contribution is -0.124. The van der Waals surface area contributed by atoms with E-state index in [9.17, 15) is 4.79 Å². The van der Waals surface area contributed by atoms with Crippen LogP contribution in [0, 0.1) is 17.2 Å². The molecule has 0 radical (unpaired) electrons. The molecule has 1 aliphatic rings. The summed E-state index contributed by atoms with van der Waals surface area (Å²) in [7, 11) is 0. The molecule has 1 aliphatic heterocycles. The number of piperidine rings is 1. The highest BCUT2D eigenvalue weighted by atomic mass is 16.1. The number of nitrogens with one attached hydrogen (secondary N) is 1. The molecule has 1 saturated heterocycles. The molecule has 0 bridgehead atoms. The lowest BCUT2D eigenvalue weighted by Crippen LogP contribution is -2.52. The van der Waals surface area contributed by atoms with Gasteiger partial charge in [0.2, 0.25) is 5.91 Å². The van der Waals surface area contributed by atoms with Crippen molar-refractivity contribution >= 4 is 5.91 Å². The number of amides is 1. The van der Waals surface area contributed by atoms with E-state index in [2.05, 4.69) is 16.4 Å². The van der Waals surface area contributed by atoms with E-state index in [1.54, 1.807) is 18.3 Å². The molecule has 1 aromatic heterocycles. The number of hydrogen-bond donors (Lipinski definition) is 2. The summed E-state index contributed by atoms with van der Waals surface area (Å²) in [5, 5.41) is 12.4. The fraction of sp³-hybridized carbons (Fsp3) is 0.292. The average molecular weight is 399 g/mol. The zero-order valence-electron chi connectivity index (χ0n) is 16.8. The normalized spacial score (nSPS) is 16.5. The van der Waals surface area contributed by atoms with E-state index >= 15 is 0 Å². The van der Waals surface area contributed by atoms with Gasteiger partial charge in [-0.1, -0.05) is 42.5 Å². The third-order valence-electron chi connectivity index (χ3n) is 6.07. The van der Waals surface area contributed by atoms with Crippen LogP contribution in [0.25, 0.3) is 0 Å². The SMILES string of the molecule is N#Cc1ccc(Cn2ccnc2C(C(N)=O)(c2ccccc2)C2CCNCC2)cc1. The van der Waals surface area contributed by atoms with Crippen molar-refractivity contribution in [2.45, 2.75) is 24.8 Å². The van der Waals surface area contributed by atoms with Gasteiger partial charge in [0.1, 0.15) is 11.2 Å². The maximum atomic E-state index is 13.2. The zero-order chi connectivity index (χ0) is 21.0. The molecule has 0 spiro atoms. The Morgan fingerprint density at radius 1 is 1.17 bits per heavy atom. The Labute approximate surface area is 176 Å². The number of aromatic nitrogens is 2. The minimum Gasteiger partial charge on any atom is -0.368 e. The molecule has 6 nitrogen and oxygen atoms in total. The predicted molar refractivity (Wildman–Crippen MR) is 114 cm³/mol. The summed E-state index contributed by atoms with van der Waals surface area (Å²) in [5.74, 6) is 0.367. The largest absolute Gasteiger partial charge is 0.368 e. The smallest absolute Gasteiger partial charge is 0.236 e. The van der Waals surface area contributed by atoms with E-state index in [4.69, 9.17) is 11.0 Å². The highest BCUT2D eigenvalue weighted by Crippen LogP contribution is 2.42. The summed E-state index contributed by atoms with van der Waals surface area (Å²) in [5.41, 5.74) is 7.72. The van der Waals surface area contributed by atoms with E-state index in [1.807, 2.05) is 53.2 Å². The van der Waals surface area contributed by atoms with Crippen LogP contribution in [-0.2, 0) is 16.8 Å². The molecule has 0 aliphatic carbocycles. The second-order valence-electron chi connectivity index (χ2n) is 7.75. The van der Waals surface area contributed by atoms with Crippen molar-refractivity contribution in [3.8, 4) is 6.07 Å². The highest BCUT2D eigenvalue weighted by Gasteiger charge is 2.50. The molecule has 1 fully saturated rings. The van der Waals surface area contributed by atoms with E-state index in [1.165, 1.54) is 0 Å². The number of rotatable bonds is 6. The van der Waals surface area contributed by atoms with Gasteiger partial charge in [-0.05, 0) is 55.1 Å². The van der Waals surface area contributed by atoms with Crippen molar-refractivity contribution in [3.63, 3.8) is 0 Å². The standard InChI is InChI=1S/C24H25N5O/c25-16-18-6-8-19(9-7-18)17-29-15-14-28-23(29)24(22(26)30,20-4-2-1-3-5-20)21-10-12-27-13-11-21/h1-9,14-15,21,27H,10-13,17H2,(H2,26,30). The van der Waals surface area contributed by atoms with Gasteiger partial charge >= 0.3 is 0 Å². The number of nitrogens with two attached hydrogens (primary N) is 1. The van der Waals surface area contributed by atoms with E-state index in [0.29, 0.717) is 17.9 Å². The van der Waals surface area contributed by atoms with Gasteiger partial charge in [0.25, 0.3) is 0 Å². The number of hydrogen-bond acceptors (Lipinski definition) is 4. The van der Waals surface area contributed by atoms with Gasteiger partial charge in [0, 0.05) is 18.9 Å². The minimum atomic E-state index is -1.00. The number of imidazole rings is 1. The van der Waals surface area contributed by atoms with Crippen molar-refractivity contribution < 1.29 is 4.79 Å². The van der Waals surface area contributed by atoms with Crippen molar-refractivity contribution in [1.29, 1.82) is 5.26 Å². The summed E-state index contributed by atoms with van der Waals surface area (Å²) in [6.07, 6.45) is 5.33. The van der Waals surface area contributed by atoms with Gasteiger partial charge in [-0.3, -0.25) is 4.79 Å². The van der Waals surface area contributed by atoms with E-state index < -0.39 is 5.41 Å². The number of primary amides is 1. The monoisotopic (exact) mass is 399 g/mol. The van der Waals surface area contributed by atoms with Crippen LogP contribution in [0.4, 0.5) is 0 Å². The predicted octanol–water partition coefficient (Wildman–Crippen LogP) is 2.57. The second-order valence-corrected chi connectivity index (χ2v) is 7.75. The maximum absolute atomic E-state index is 13.2. The Kier molecular flexibility index (Phi) is 5.64. The fourth-order valence-corrected chi connectivity index (χ4v) is 4.62. The molecule has 0 saturated carbocycles. The first-order chi connectivity index (χ1) is 14.7. The number of nitrogens with zero attached hydrogens (tertiary/aromatic N) is 3. The molecular weight excluding hydrogens is 374 g/mol. The summed E-state index contributed by atoms with van der Waals surface area (Å²) >= 11 is 0. The van der Waals surface area contributed by atoms with Gasteiger partial charge < -0.3 is 15.6 Å². The van der Waals surface area contributed by atoms with Crippen LogP contribution in [-0.4, -0.2) is 28.5 Å². The Balaban J connectivity index is 1.83. The number of carbonyl (C=O) groups excluding carboxylic acids is 1. The van der Waals surface area contributed by atoms with Crippen LogP contribution in [0.3, 0.4) is 0 Å². The van der Waals surface area contributed by atoms with Crippen molar-refractivity contribution in [2.75, 3.05) is 13.1 Å². The Morgan fingerprint density at radius 3 is 2.50 bits per heavy atom. The van der Waals surface area contributed by atoms with Crippen LogP contribution >= 0.6 is 0 Å². The molecule has 1 unspecified atom stereocenters. The van der Waals surface area contributed by atoms with Gasteiger partial charge in [0.15, 0.2) is 0 Å². The number of carbonyl (C=O) groups is 1. The zero-order valence-corrected chi connectivity index (χ0v) is 16.8. The average Bonchev–Trinajstić information content (AvgIpc) is 3.24. The van der Waals surface area contributed by atoms with Crippen LogP contribution in [0.2, 0.25) is 0 Å². The molecule has 4 rings (SSSR count). The van der Waals surface area contributed by atoms with Crippen molar-refractivity contribution in [2.24, 2.45) is 11.7 Å². The lowest BCUT2D eigenvalue weighted by Gasteiger charge is -2.40. The lowest BCUT2D eigenvalue weighted by atomic mass is 9.65. The molecular formula is C24H25N5O. The summed E-state index contributed by atoms with van der Waals surface area (Å²) in [6, 6.07) is 19.4. The summed E-state index contributed by atoms with van der Waals surface area (Å²) in [4.78, 5) is 17.9. The molecule has 1 amide bonds. The molecule has 3 aromatic rings. The van der Waals surface area contributed by atoms with Gasteiger partial charge in [-0.25, -0.2) is 4.98 Å². The fourth-order valence-electron chi connectivity index (χ4n) is 4.62. The Morgan fingerprint density at radius 2 is 1.87 bits per heavy atom. The quantitative estimate of drug-likeness (QED) is 0.666. The van der Waals surface area contributed by atoms with Gasteiger partial charge in [0.05, 0.1) is 11.6 Å². The third-order valence-corrected chi connectivity index (χ3v) is 6.07. The molecule has 6 heteroatoms. The first-order valence-corrected chi connectivity index (χ1v) is 10.2. The third kappa shape index (κ3) is 3.49. The van der Waals surface area contributed by atoms with E-state index in [0.717, 1.165) is 37.1 Å². The van der Waals surface area contributed by atoms with Crippen molar-refractivity contribution in [1.82, 2.24) is 14.9 Å². The minimum absolute atomic E-state index is 0.0563. The Bertz CT molecular complexity index is 1050. The number of nitriles is 1. The first-order valence-electron chi connectivity index (χ1n) is 10.2. The van der Waals surface area contributed by atoms with Gasteiger partial charge in [-0.15, -0.1) is 0 Å². The van der Waals surface area contributed by atoms with E-state index in [-0.39, 0.29) is 11.8 Å². The van der Waals surface area contributed by atoms with Crippen LogP contribution in [0.1, 0.15) is 35.4 Å². The molecule has 3 N–H and O–H groups in total.